The van der Waals surface area contributed by atoms with Crippen molar-refractivity contribution in [2.75, 3.05) is 18.4 Å². The van der Waals surface area contributed by atoms with Gasteiger partial charge in [0.25, 0.3) is 0 Å². The first-order valence-corrected chi connectivity index (χ1v) is 11.3. The number of anilines is 1. The van der Waals surface area contributed by atoms with Gasteiger partial charge in [-0.1, -0.05) is 29.8 Å². The van der Waals surface area contributed by atoms with Gasteiger partial charge < -0.3 is 15.2 Å². The zero-order valence-electron chi connectivity index (χ0n) is 17.9. The lowest BCUT2D eigenvalue weighted by Crippen LogP contribution is -2.37. The largest absolute Gasteiger partial charge is 0.326 e. The molecule has 1 aliphatic rings. The predicted octanol–water partition coefficient (Wildman–Crippen LogP) is 4.88. The normalized spacial score (nSPS) is 16.1. The number of nitrogens with zero attached hydrogens (tertiary/aromatic N) is 3. The van der Waals surface area contributed by atoms with Gasteiger partial charge >= 0.3 is 0 Å². The van der Waals surface area contributed by atoms with E-state index in [0.717, 1.165) is 47.1 Å². The number of piperidine rings is 1. The van der Waals surface area contributed by atoms with Crippen LogP contribution < -0.4 is 10.6 Å². The number of halogens is 2. The minimum absolute atomic E-state index is 0.0317. The summed E-state index contributed by atoms with van der Waals surface area (Å²) < 4.78 is 15.3. The second-order valence-electron chi connectivity index (χ2n) is 8.28. The quantitative estimate of drug-likeness (QED) is 0.442. The number of hydrogen-bond donors (Lipinski definition) is 2. The number of rotatable bonds is 5. The van der Waals surface area contributed by atoms with Crippen molar-refractivity contribution in [2.24, 2.45) is 5.92 Å². The Morgan fingerprint density at radius 3 is 2.82 bits per heavy atom. The summed E-state index contributed by atoms with van der Waals surface area (Å²) in [6.07, 6.45) is 5.19. The highest BCUT2D eigenvalue weighted by Gasteiger charge is 2.21. The smallest absolute Gasteiger partial charge is 0.229 e. The zero-order chi connectivity index (χ0) is 22.8. The summed E-state index contributed by atoms with van der Waals surface area (Å²) in [5, 5.41) is 6.69. The number of aromatic nitrogens is 3. The topological polar surface area (TPSA) is 71.8 Å². The van der Waals surface area contributed by atoms with E-state index in [1.54, 1.807) is 30.7 Å². The van der Waals surface area contributed by atoms with Crippen molar-refractivity contribution in [3.63, 3.8) is 0 Å². The molecule has 168 valence electrons. The number of imidazole rings is 1. The van der Waals surface area contributed by atoms with Crippen LogP contribution in [0, 0.1) is 11.7 Å². The van der Waals surface area contributed by atoms with Crippen LogP contribution in [0.25, 0.3) is 22.2 Å². The molecule has 0 bridgehead atoms. The highest BCUT2D eigenvalue weighted by atomic mass is 35.5. The molecule has 2 aromatic carbocycles. The van der Waals surface area contributed by atoms with Crippen LogP contribution in [0.1, 0.15) is 18.4 Å². The maximum Gasteiger partial charge on any atom is 0.229 e. The van der Waals surface area contributed by atoms with E-state index in [-0.39, 0.29) is 17.6 Å². The lowest BCUT2D eigenvalue weighted by atomic mass is 9.99. The van der Waals surface area contributed by atoms with E-state index >= 15 is 0 Å². The summed E-state index contributed by atoms with van der Waals surface area (Å²) in [6.45, 7) is 2.20. The molecule has 1 atom stereocenters. The fourth-order valence-electron chi connectivity index (χ4n) is 4.17. The number of nitrogens with one attached hydrogen (secondary N) is 2. The monoisotopic (exact) mass is 463 g/mol. The van der Waals surface area contributed by atoms with Crippen molar-refractivity contribution < 1.29 is 9.18 Å². The SMILES string of the molecule is O=C(Nc1cc(-c2ccc3ncn(Cc4ccc(F)cc4)c3c2)c(Cl)cn1)C1CCCNC1. The van der Waals surface area contributed by atoms with Crippen molar-refractivity contribution >= 4 is 34.4 Å². The molecule has 4 aromatic rings. The second kappa shape index (κ2) is 9.29. The molecule has 1 amide bonds. The van der Waals surface area contributed by atoms with Gasteiger partial charge in [0.05, 0.1) is 28.3 Å². The van der Waals surface area contributed by atoms with Crippen LogP contribution in [0.2, 0.25) is 5.02 Å². The van der Waals surface area contributed by atoms with Crippen LogP contribution in [0.5, 0.6) is 0 Å². The van der Waals surface area contributed by atoms with Gasteiger partial charge in [0.2, 0.25) is 5.91 Å². The highest BCUT2D eigenvalue weighted by molar-refractivity contribution is 6.33. The summed E-state index contributed by atoms with van der Waals surface area (Å²) >= 11 is 6.48. The van der Waals surface area contributed by atoms with Crippen molar-refractivity contribution in [1.82, 2.24) is 19.9 Å². The fourth-order valence-corrected chi connectivity index (χ4v) is 4.38. The molecule has 2 N–H and O–H groups in total. The first-order chi connectivity index (χ1) is 16.1. The molecule has 2 aromatic heterocycles. The van der Waals surface area contributed by atoms with Gasteiger partial charge in [-0.25, -0.2) is 14.4 Å². The molecule has 0 radical (unpaired) electrons. The first kappa shape index (κ1) is 21.6. The van der Waals surface area contributed by atoms with Crippen molar-refractivity contribution in [2.45, 2.75) is 19.4 Å². The molecule has 3 heterocycles. The number of benzene rings is 2. The van der Waals surface area contributed by atoms with E-state index in [9.17, 15) is 9.18 Å². The number of carbonyl (C=O) groups excluding carboxylic acids is 1. The van der Waals surface area contributed by atoms with Crippen LogP contribution >= 0.6 is 11.6 Å². The Morgan fingerprint density at radius 1 is 1.18 bits per heavy atom. The lowest BCUT2D eigenvalue weighted by Gasteiger charge is -2.21. The minimum atomic E-state index is -0.258. The van der Waals surface area contributed by atoms with Crippen LogP contribution in [0.15, 0.2) is 61.1 Å². The highest BCUT2D eigenvalue weighted by Crippen LogP contribution is 2.31. The molecule has 8 heteroatoms. The number of fused-ring (bicyclic) bond motifs is 1. The Hall–Kier alpha value is -3.29. The number of carbonyl (C=O) groups is 1. The predicted molar refractivity (Wildman–Crippen MR) is 128 cm³/mol. The van der Waals surface area contributed by atoms with E-state index in [1.807, 2.05) is 22.8 Å². The summed E-state index contributed by atoms with van der Waals surface area (Å²) in [6, 6.07) is 14.2. The van der Waals surface area contributed by atoms with E-state index in [1.165, 1.54) is 12.1 Å². The van der Waals surface area contributed by atoms with Crippen LogP contribution in [-0.4, -0.2) is 33.5 Å². The molecule has 0 spiro atoms. The molecule has 0 aliphatic carbocycles. The average molecular weight is 464 g/mol. The maximum atomic E-state index is 13.2. The summed E-state index contributed by atoms with van der Waals surface area (Å²) in [7, 11) is 0. The van der Waals surface area contributed by atoms with Gasteiger partial charge in [-0.2, -0.15) is 0 Å². The van der Waals surface area contributed by atoms with Crippen molar-refractivity contribution in [1.29, 1.82) is 0 Å². The van der Waals surface area contributed by atoms with Gasteiger partial charge in [0.15, 0.2) is 0 Å². The number of hydrogen-bond acceptors (Lipinski definition) is 4. The zero-order valence-corrected chi connectivity index (χ0v) is 18.6. The van der Waals surface area contributed by atoms with Crippen LogP contribution in [0.4, 0.5) is 10.2 Å². The second-order valence-corrected chi connectivity index (χ2v) is 8.69. The van der Waals surface area contributed by atoms with E-state index in [4.69, 9.17) is 11.6 Å². The standard InChI is InChI=1S/C25H23ClFN5O/c26-21-13-29-24(31-25(33)18-2-1-9-28-12-18)11-20(21)17-5-8-22-23(10-17)32(15-30-22)14-16-3-6-19(27)7-4-16/h3-8,10-11,13,15,18,28H,1-2,9,12,14H2,(H,29,31,33). The third-order valence-electron chi connectivity index (χ3n) is 5.97. The third-order valence-corrected chi connectivity index (χ3v) is 6.27. The van der Waals surface area contributed by atoms with Crippen molar-refractivity contribution in [3.8, 4) is 11.1 Å². The van der Waals surface area contributed by atoms with Crippen LogP contribution in [0.3, 0.4) is 0 Å². The Bertz CT molecular complexity index is 1300. The Kier molecular flexibility index (Phi) is 6.07. The Morgan fingerprint density at radius 2 is 2.03 bits per heavy atom. The maximum absolute atomic E-state index is 13.2. The lowest BCUT2D eigenvalue weighted by molar-refractivity contribution is -0.120. The molecule has 1 unspecified atom stereocenters. The van der Waals surface area contributed by atoms with Gasteiger partial charge in [0.1, 0.15) is 11.6 Å². The molecule has 1 saturated heterocycles. The Balaban J connectivity index is 1.42. The van der Waals surface area contributed by atoms with Crippen molar-refractivity contribution in [3.05, 3.63) is 77.5 Å². The van der Waals surface area contributed by atoms with Gasteiger partial charge in [-0.15, -0.1) is 0 Å². The molecule has 6 nitrogen and oxygen atoms in total. The Labute approximate surface area is 195 Å². The molecule has 33 heavy (non-hydrogen) atoms. The van der Waals surface area contributed by atoms with E-state index in [2.05, 4.69) is 20.6 Å². The fraction of sp³-hybridized carbons (Fsp3) is 0.240. The van der Waals surface area contributed by atoms with Gasteiger partial charge in [0, 0.05) is 24.8 Å². The van der Waals surface area contributed by atoms with Gasteiger partial charge in [-0.3, -0.25) is 4.79 Å². The number of pyridine rings is 1. The molecular formula is C25H23ClFN5O. The minimum Gasteiger partial charge on any atom is -0.326 e. The third kappa shape index (κ3) is 4.74. The summed E-state index contributed by atoms with van der Waals surface area (Å²) in [5.74, 6) is 0.129. The van der Waals surface area contributed by atoms with E-state index < -0.39 is 0 Å². The molecule has 0 saturated carbocycles. The molecule has 1 aliphatic heterocycles. The number of amides is 1. The summed E-state index contributed by atoms with van der Waals surface area (Å²) in [4.78, 5) is 21.4. The molecule has 5 rings (SSSR count). The van der Waals surface area contributed by atoms with Crippen LogP contribution in [-0.2, 0) is 11.3 Å². The first-order valence-electron chi connectivity index (χ1n) is 10.9. The summed E-state index contributed by atoms with van der Waals surface area (Å²) in [5.41, 5.74) is 4.43. The van der Waals surface area contributed by atoms with E-state index in [0.29, 0.717) is 23.9 Å². The average Bonchev–Trinajstić information content (AvgIpc) is 3.24. The molecular weight excluding hydrogens is 441 g/mol. The molecule has 1 fully saturated rings. The van der Waals surface area contributed by atoms with Gasteiger partial charge in [-0.05, 0) is 60.8 Å².